The quantitative estimate of drug-likeness (QED) is 0.869. The van der Waals surface area contributed by atoms with Crippen LogP contribution in [0.5, 0.6) is 0 Å². The highest BCUT2D eigenvalue weighted by Crippen LogP contribution is 2.28. The Kier molecular flexibility index (Phi) is 5.29. The number of hydrogen-bond donors (Lipinski definition) is 1. The summed E-state index contributed by atoms with van der Waals surface area (Å²) < 4.78 is 1.08. The van der Waals surface area contributed by atoms with Crippen molar-refractivity contribution >= 4 is 27.3 Å². The first-order valence-corrected chi connectivity index (χ1v) is 8.44. The SMILES string of the molecule is Cc1nc(-c2cc(Br)cs2)nc(C)c1CNCC(C)C. The Labute approximate surface area is 133 Å². The summed E-state index contributed by atoms with van der Waals surface area (Å²) in [6.07, 6.45) is 0. The highest BCUT2D eigenvalue weighted by Gasteiger charge is 2.11. The summed E-state index contributed by atoms with van der Waals surface area (Å²) in [4.78, 5) is 10.4. The van der Waals surface area contributed by atoms with Crippen LogP contribution in [0, 0.1) is 19.8 Å². The van der Waals surface area contributed by atoms with Crippen LogP contribution in [0.2, 0.25) is 0 Å². The molecule has 2 aromatic heterocycles. The van der Waals surface area contributed by atoms with Gasteiger partial charge in [0.05, 0.1) is 4.88 Å². The first kappa shape index (κ1) is 15.6. The molecule has 0 amide bonds. The number of nitrogens with zero attached hydrogens (tertiary/aromatic N) is 2. The van der Waals surface area contributed by atoms with Crippen molar-refractivity contribution in [1.82, 2.24) is 15.3 Å². The Morgan fingerprint density at radius 1 is 1.25 bits per heavy atom. The Bertz CT molecular complexity index is 570. The van der Waals surface area contributed by atoms with Gasteiger partial charge in [0, 0.05) is 33.3 Å². The molecule has 0 saturated carbocycles. The lowest BCUT2D eigenvalue weighted by molar-refractivity contribution is 0.549. The summed E-state index contributed by atoms with van der Waals surface area (Å²) in [7, 11) is 0. The first-order valence-electron chi connectivity index (χ1n) is 6.76. The van der Waals surface area contributed by atoms with Crippen LogP contribution in [-0.4, -0.2) is 16.5 Å². The largest absolute Gasteiger partial charge is 0.312 e. The van der Waals surface area contributed by atoms with Gasteiger partial charge in [-0.1, -0.05) is 13.8 Å². The van der Waals surface area contributed by atoms with Crippen molar-refractivity contribution in [2.45, 2.75) is 34.2 Å². The van der Waals surface area contributed by atoms with Gasteiger partial charge in [0.2, 0.25) is 0 Å². The normalized spacial score (nSPS) is 11.3. The van der Waals surface area contributed by atoms with Crippen molar-refractivity contribution in [2.75, 3.05) is 6.54 Å². The van der Waals surface area contributed by atoms with Gasteiger partial charge < -0.3 is 5.32 Å². The first-order chi connectivity index (χ1) is 9.47. The van der Waals surface area contributed by atoms with Gasteiger partial charge in [-0.05, 0) is 48.3 Å². The second-order valence-corrected chi connectivity index (χ2v) is 7.18. The molecule has 0 fully saturated rings. The van der Waals surface area contributed by atoms with Gasteiger partial charge >= 0.3 is 0 Å². The Hall–Kier alpha value is -0.780. The molecule has 2 rings (SSSR count). The number of hydrogen-bond acceptors (Lipinski definition) is 4. The molecule has 108 valence electrons. The number of aromatic nitrogens is 2. The van der Waals surface area contributed by atoms with Gasteiger partial charge in [-0.2, -0.15) is 0 Å². The number of nitrogens with one attached hydrogen (secondary N) is 1. The highest BCUT2D eigenvalue weighted by molar-refractivity contribution is 9.10. The molecular formula is C15H20BrN3S. The van der Waals surface area contributed by atoms with Crippen LogP contribution in [0.25, 0.3) is 10.7 Å². The molecule has 0 aliphatic heterocycles. The summed E-state index contributed by atoms with van der Waals surface area (Å²) >= 11 is 5.13. The molecule has 0 aliphatic carbocycles. The molecule has 0 unspecified atom stereocenters. The van der Waals surface area contributed by atoms with Crippen molar-refractivity contribution in [2.24, 2.45) is 5.92 Å². The molecule has 20 heavy (non-hydrogen) atoms. The molecule has 0 aromatic carbocycles. The minimum Gasteiger partial charge on any atom is -0.312 e. The average molecular weight is 354 g/mol. The van der Waals surface area contributed by atoms with Crippen LogP contribution in [-0.2, 0) is 6.54 Å². The summed E-state index contributed by atoms with van der Waals surface area (Å²) in [5.41, 5.74) is 3.34. The maximum absolute atomic E-state index is 4.65. The van der Waals surface area contributed by atoms with E-state index in [0.717, 1.165) is 39.7 Å². The Balaban J connectivity index is 2.20. The lowest BCUT2D eigenvalue weighted by Gasteiger charge is -2.12. The third-order valence-corrected chi connectivity index (χ3v) is 4.75. The predicted octanol–water partition coefficient (Wildman–Crippen LogP) is 4.33. The van der Waals surface area contributed by atoms with Crippen molar-refractivity contribution < 1.29 is 0 Å². The van der Waals surface area contributed by atoms with Crippen LogP contribution in [0.15, 0.2) is 15.9 Å². The van der Waals surface area contributed by atoms with Crippen LogP contribution >= 0.6 is 27.3 Å². The average Bonchev–Trinajstić information content (AvgIpc) is 2.79. The molecule has 0 saturated heterocycles. The predicted molar refractivity (Wildman–Crippen MR) is 89.1 cm³/mol. The summed E-state index contributed by atoms with van der Waals surface area (Å²) in [6, 6.07) is 2.07. The minimum absolute atomic E-state index is 0.652. The van der Waals surface area contributed by atoms with Crippen molar-refractivity contribution in [1.29, 1.82) is 0 Å². The third-order valence-electron chi connectivity index (χ3n) is 3.06. The smallest absolute Gasteiger partial charge is 0.169 e. The maximum Gasteiger partial charge on any atom is 0.169 e. The Morgan fingerprint density at radius 3 is 2.40 bits per heavy atom. The van der Waals surface area contributed by atoms with Gasteiger partial charge in [-0.25, -0.2) is 9.97 Å². The fourth-order valence-corrected chi connectivity index (χ4v) is 3.38. The molecule has 0 bridgehead atoms. The summed E-state index contributed by atoms with van der Waals surface area (Å²) in [5.74, 6) is 1.47. The van der Waals surface area contributed by atoms with Crippen molar-refractivity contribution in [3.63, 3.8) is 0 Å². The fraction of sp³-hybridized carbons (Fsp3) is 0.467. The fourth-order valence-electron chi connectivity index (χ4n) is 2.02. The van der Waals surface area contributed by atoms with E-state index in [2.05, 4.69) is 70.4 Å². The van der Waals surface area contributed by atoms with E-state index in [1.807, 2.05) is 0 Å². The van der Waals surface area contributed by atoms with Crippen LogP contribution in [0.3, 0.4) is 0 Å². The van der Waals surface area contributed by atoms with Crippen molar-refractivity contribution in [3.8, 4) is 10.7 Å². The third kappa shape index (κ3) is 3.87. The number of halogens is 1. The van der Waals surface area contributed by atoms with Gasteiger partial charge in [-0.15, -0.1) is 11.3 Å². The number of aryl methyl sites for hydroxylation is 2. The molecule has 0 radical (unpaired) electrons. The molecule has 3 nitrogen and oxygen atoms in total. The number of rotatable bonds is 5. The van der Waals surface area contributed by atoms with E-state index in [4.69, 9.17) is 0 Å². The lowest BCUT2D eigenvalue weighted by atomic mass is 10.1. The van der Waals surface area contributed by atoms with E-state index in [-0.39, 0.29) is 0 Å². The molecule has 5 heteroatoms. The van der Waals surface area contributed by atoms with E-state index in [1.165, 1.54) is 5.56 Å². The van der Waals surface area contributed by atoms with Gasteiger partial charge in [-0.3, -0.25) is 0 Å². The van der Waals surface area contributed by atoms with Crippen LogP contribution in [0.4, 0.5) is 0 Å². The van der Waals surface area contributed by atoms with E-state index in [9.17, 15) is 0 Å². The van der Waals surface area contributed by atoms with E-state index in [1.54, 1.807) is 11.3 Å². The van der Waals surface area contributed by atoms with Crippen LogP contribution in [0.1, 0.15) is 30.8 Å². The van der Waals surface area contributed by atoms with E-state index >= 15 is 0 Å². The topological polar surface area (TPSA) is 37.8 Å². The highest BCUT2D eigenvalue weighted by atomic mass is 79.9. The van der Waals surface area contributed by atoms with Gasteiger partial charge in [0.25, 0.3) is 0 Å². The maximum atomic E-state index is 4.65. The standard InChI is InChI=1S/C15H20BrN3S/c1-9(2)6-17-7-13-10(3)18-15(19-11(13)4)14-5-12(16)8-20-14/h5,8-9,17H,6-7H2,1-4H3. The zero-order valence-corrected chi connectivity index (χ0v) is 14.7. The minimum atomic E-state index is 0.652. The van der Waals surface area contributed by atoms with E-state index < -0.39 is 0 Å². The van der Waals surface area contributed by atoms with Gasteiger partial charge in [0.15, 0.2) is 5.82 Å². The summed E-state index contributed by atoms with van der Waals surface area (Å²) in [6.45, 7) is 10.4. The second kappa shape index (κ2) is 6.78. The molecule has 2 heterocycles. The molecule has 1 N–H and O–H groups in total. The Morgan fingerprint density at radius 2 is 1.90 bits per heavy atom. The molecule has 0 atom stereocenters. The van der Waals surface area contributed by atoms with Gasteiger partial charge in [0.1, 0.15) is 0 Å². The lowest BCUT2D eigenvalue weighted by Crippen LogP contribution is -2.21. The molecule has 0 aliphatic rings. The monoisotopic (exact) mass is 353 g/mol. The zero-order chi connectivity index (χ0) is 14.7. The molecular weight excluding hydrogens is 334 g/mol. The molecule has 0 spiro atoms. The summed E-state index contributed by atoms with van der Waals surface area (Å²) in [5, 5.41) is 5.52. The zero-order valence-electron chi connectivity index (χ0n) is 12.3. The van der Waals surface area contributed by atoms with Crippen LogP contribution < -0.4 is 5.32 Å². The van der Waals surface area contributed by atoms with Crippen molar-refractivity contribution in [3.05, 3.63) is 32.9 Å². The van der Waals surface area contributed by atoms with E-state index in [0.29, 0.717) is 5.92 Å². The second-order valence-electron chi connectivity index (χ2n) is 5.35. The number of thiophene rings is 1. The molecule has 2 aromatic rings.